The molecule has 5 nitrogen and oxygen atoms in total. The van der Waals surface area contributed by atoms with Crippen LogP contribution in [0.15, 0.2) is 27.6 Å². The van der Waals surface area contributed by atoms with Crippen LogP contribution in [0.1, 0.15) is 6.92 Å². The molecule has 2 heterocycles. The van der Waals surface area contributed by atoms with E-state index in [0.717, 1.165) is 26.3 Å². The molecule has 0 spiro atoms. The molecule has 0 aliphatic carbocycles. The Morgan fingerprint density at radius 2 is 2.26 bits per heavy atom. The van der Waals surface area contributed by atoms with Crippen molar-refractivity contribution in [3.05, 3.63) is 22.7 Å². The van der Waals surface area contributed by atoms with Crippen LogP contribution in [-0.2, 0) is 4.79 Å². The summed E-state index contributed by atoms with van der Waals surface area (Å²) in [5.41, 5.74) is 8.24. The molecule has 1 aliphatic heterocycles. The van der Waals surface area contributed by atoms with Crippen LogP contribution in [0.5, 0.6) is 0 Å². The number of anilines is 2. The van der Waals surface area contributed by atoms with E-state index in [1.165, 1.54) is 0 Å². The number of amides is 1. The summed E-state index contributed by atoms with van der Waals surface area (Å²) in [6.45, 7) is 1.89. The van der Waals surface area contributed by atoms with Gasteiger partial charge in [-0.15, -0.1) is 11.8 Å². The molecule has 0 bridgehead atoms. The van der Waals surface area contributed by atoms with E-state index in [9.17, 15) is 4.79 Å². The third kappa shape index (κ3) is 2.12. The van der Waals surface area contributed by atoms with E-state index >= 15 is 0 Å². The highest BCUT2D eigenvalue weighted by molar-refractivity contribution is 9.10. The number of fused-ring (bicyclic) bond motifs is 1. The first-order chi connectivity index (χ1) is 9.06. The monoisotopic (exact) mass is 338 g/mol. The predicted octanol–water partition coefficient (Wildman–Crippen LogP) is 2.85. The smallest absolute Gasteiger partial charge is 0.237 e. The van der Waals surface area contributed by atoms with Crippen molar-refractivity contribution in [2.45, 2.75) is 17.1 Å². The number of carbonyl (C=O) groups is 1. The van der Waals surface area contributed by atoms with E-state index in [4.69, 9.17) is 5.73 Å². The Balaban J connectivity index is 2.05. The first-order valence-electron chi connectivity index (χ1n) is 5.67. The van der Waals surface area contributed by atoms with Crippen LogP contribution in [-0.4, -0.2) is 21.4 Å². The Hall–Kier alpha value is -1.47. The Morgan fingerprint density at radius 3 is 2.95 bits per heavy atom. The average molecular weight is 339 g/mol. The fourth-order valence-electron chi connectivity index (χ4n) is 1.90. The number of thioether (sulfide) groups is 1. The SMILES string of the molecule is CC1Sc2ccc(-c3[nH]nc(N)c3Br)cc2NC1=O. The molecule has 0 saturated carbocycles. The lowest BCUT2D eigenvalue weighted by molar-refractivity contribution is -0.115. The molecule has 1 amide bonds. The number of benzene rings is 1. The Labute approximate surface area is 122 Å². The van der Waals surface area contributed by atoms with Crippen molar-refractivity contribution in [1.82, 2.24) is 10.2 Å². The summed E-state index contributed by atoms with van der Waals surface area (Å²) in [5, 5.41) is 9.66. The standard InChI is InChI=1S/C12H11BrN4OS/c1-5-12(18)15-7-4-6(2-3-8(7)19-5)10-9(13)11(14)17-16-10/h2-5H,1H3,(H,15,18)(H3,14,16,17). The highest BCUT2D eigenvalue weighted by atomic mass is 79.9. The minimum Gasteiger partial charge on any atom is -0.381 e. The van der Waals surface area contributed by atoms with Gasteiger partial charge in [0.25, 0.3) is 0 Å². The van der Waals surface area contributed by atoms with Gasteiger partial charge in [0, 0.05) is 10.5 Å². The topological polar surface area (TPSA) is 83.8 Å². The molecular formula is C12H11BrN4OS. The molecule has 3 rings (SSSR count). The first-order valence-corrected chi connectivity index (χ1v) is 7.35. The summed E-state index contributed by atoms with van der Waals surface area (Å²) in [6.07, 6.45) is 0. The number of aromatic amines is 1. The van der Waals surface area contributed by atoms with E-state index in [0.29, 0.717) is 5.82 Å². The van der Waals surface area contributed by atoms with Gasteiger partial charge in [0.15, 0.2) is 5.82 Å². The summed E-state index contributed by atoms with van der Waals surface area (Å²) in [4.78, 5) is 12.8. The minimum absolute atomic E-state index is 0.0258. The van der Waals surface area contributed by atoms with Crippen LogP contribution in [0.3, 0.4) is 0 Å². The van der Waals surface area contributed by atoms with Crippen LogP contribution in [0.2, 0.25) is 0 Å². The second kappa shape index (κ2) is 4.57. The molecule has 0 fully saturated rings. The average Bonchev–Trinajstić information content (AvgIpc) is 2.71. The van der Waals surface area contributed by atoms with Crippen molar-refractivity contribution in [2.24, 2.45) is 0 Å². The molecular weight excluding hydrogens is 328 g/mol. The molecule has 98 valence electrons. The summed E-state index contributed by atoms with van der Waals surface area (Å²) in [7, 11) is 0. The number of halogens is 1. The maximum atomic E-state index is 11.7. The van der Waals surface area contributed by atoms with Gasteiger partial charge in [-0.1, -0.05) is 6.07 Å². The quantitative estimate of drug-likeness (QED) is 0.746. The predicted molar refractivity (Wildman–Crippen MR) is 80.1 cm³/mol. The van der Waals surface area contributed by atoms with E-state index in [1.807, 2.05) is 25.1 Å². The molecule has 4 N–H and O–H groups in total. The van der Waals surface area contributed by atoms with Gasteiger partial charge in [-0.3, -0.25) is 9.89 Å². The van der Waals surface area contributed by atoms with Crippen LogP contribution < -0.4 is 11.1 Å². The summed E-state index contributed by atoms with van der Waals surface area (Å²) in [5.74, 6) is 0.442. The fraction of sp³-hybridized carbons (Fsp3) is 0.167. The summed E-state index contributed by atoms with van der Waals surface area (Å²) in [6, 6.07) is 5.90. The third-order valence-electron chi connectivity index (χ3n) is 2.93. The van der Waals surface area contributed by atoms with Crippen LogP contribution in [0, 0.1) is 0 Å². The number of hydrogen-bond donors (Lipinski definition) is 3. The Morgan fingerprint density at radius 1 is 1.47 bits per heavy atom. The Kier molecular flexibility index (Phi) is 3.02. The van der Waals surface area contributed by atoms with Crippen molar-refractivity contribution in [2.75, 3.05) is 11.1 Å². The van der Waals surface area contributed by atoms with Gasteiger partial charge < -0.3 is 11.1 Å². The number of hydrogen-bond acceptors (Lipinski definition) is 4. The number of H-pyrrole nitrogens is 1. The minimum atomic E-state index is -0.0621. The molecule has 1 aromatic heterocycles. The number of nitrogen functional groups attached to an aromatic ring is 1. The maximum absolute atomic E-state index is 11.7. The zero-order chi connectivity index (χ0) is 13.6. The van der Waals surface area contributed by atoms with E-state index in [-0.39, 0.29) is 11.2 Å². The molecule has 0 saturated heterocycles. The van der Waals surface area contributed by atoms with Gasteiger partial charge in [-0.05, 0) is 35.0 Å². The number of aromatic nitrogens is 2. The molecule has 7 heteroatoms. The second-order valence-corrected chi connectivity index (χ2v) is 6.43. The van der Waals surface area contributed by atoms with Crippen molar-refractivity contribution in [3.63, 3.8) is 0 Å². The summed E-state index contributed by atoms with van der Waals surface area (Å²) < 4.78 is 0.732. The van der Waals surface area contributed by atoms with Gasteiger partial charge in [0.1, 0.15) is 0 Å². The van der Waals surface area contributed by atoms with Gasteiger partial charge in [0.05, 0.1) is 21.1 Å². The lowest BCUT2D eigenvalue weighted by atomic mass is 10.1. The second-order valence-electron chi connectivity index (χ2n) is 4.26. The number of nitrogens with one attached hydrogen (secondary N) is 2. The molecule has 2 aromatic rings. The first kappa shape index (κ1) is 12.6. The van der Waals surface area contributed by atoms with Crippen molar-refractivity contribution in [3.8, 4) is 11.3 Å². The fourth-order valence-corrected chi connectivity index (χ4v) is 3.23. The highest BCUT2D eigenvalue weighted by Gasteiger charge is 2.23. The van der Waals surface area contributed by atoms with Crippen molar-refractivity contribution < 1.29 is 4.79 Å². The van der Waals surface area contributed by atoms with Gasteiger partial charge >= 0.3 is 0 Å². The number of rotatable bonds is 1. The molecule has 1 aromatic carbocycles. The largest absolute Gasteiger partial charge is 0.381 e. The molecule has 1 unspecified atom stereocenters. The molecule has 19 heavy (non-hydrogen) atoms. The van der Waals surface area contributed by atoms with E-state index < -0.39 is 0 Å². The zero-order valence-electron chi connectivity index (χ0n) is 10.0. The number of nitrogens with zero attached hydrogens (tertiary/aromatic N) is 1. The van der Waals surface area contributed by atoms with Crippen molar-refractivity contribution >= 4 is 45.1 Å². The van der Waals surface area contributed by atoms with Crippen molar-refractivity contribution in [1.29, 1.82) is 0 Å². The number of carbonyl (C=O) groups excluding carboxylic acids is 1. The van der Waals surface area contributed by atoms with Crippen LogP contribution in [0.4, 0.5) is 11.5 Å². The van der Waals surface area contributed by atoms with Gasteiger partial charge in [-0.2, -0.15) is 5.10 Å². The maximum Gasteiger partial charge on any atom is 0.237 e. The molecule has 0 radical (unpaired) electrons. The lowest BCUT2D eigenvalue weighted by Crippen LogP contribution is -2.26. The molecule has 1 aliphatic rings. The zero-order valence-corrected chi connectivity index (χ0v) is 12.4. The third-order valence-corrected chi connectivity index (χ3v) is 4.91. The van der Waals surface area contributed by atoms with Crippen LogP contribution in [0.25, 0.3) is 11.3 Å². The molecule has 1 atom stereocenters. The Bertz CT molecular complexity index is 670. The lowest BCUT2D eigenvalue weighted by Gasteiger charge is -2.21. The van der Waals surface area contributed by atoms with Crippen LogP contribution >= 0.6 is 27.7 Å². The highest BCUT2D eigenvalue weighted by Crippen LogP contribution is 2.39. The van der Waals surface area contributed by atoms with Gasteiger partial charge in [0.2, 0.25) is 5.91 Å². The summed E-state index contributed by atoms with van der Waals surface area (Å²) >= 11 is 4.95. The normalized spacial score (nSPS) is 18.0. The van der Waals surface area contributed by atoms with E-state index in [2.05, 4.69) is 31.4 Å². The van der Waals surface area contributed by atoms with E-state index in [1.54, 1.807) is 11.8 Å². The van der Waals surface area contributed by atoms with Gasteiger partial charge in [-0.25, -0.2) is 0 Å². The number of nitrogens with two attached hydrogens (primary N) is 1.